The Kier molecular flexibility index (Phi) is 5.63. The molecule has 2 heterocycles. The molecule has 4 rings (SSSR count). The molecule has 0 saturated carbocycles. The van der Waals surface area contributed by atoms with E-state index >= 15 is 0 Å². The zero-order valence-corrected chi connectivity index (χ0v) is 18.1. The maximum absolute atomic E-state index is 13.3. The molecule has 4 aromatic rings. The van der Waals surface area contributed by atoms with Crippen LogP contribution < -0.4 is 10.9 Å². The van der Waals surface area contributed by atoms with Gasteiger partial charge in [0.25, 0.3) is 0 Å². The van der Waals surface area contributed by atoms with Gasteiger partial charge in [0.05, 0.1) is 17.6 Å². The van der Waals surface area contributed by atoms with Gasteiger partial charge in [-0.2, -0.15) is 0 Å². The van der Waals surface area contributed by atoms with Crippen molar-refractivity contribution >= 4 is 56.3 Å². The van der Waals surface area contributed by atoms with Crippen molar-refractivity contribution in [2.75, 3.05) is 12.4 Å². The van der Waals surface area contributed by atoms with E-state index in [4.69, 9.17) is 20.8 Å². The lowest BCUT2D eigenvalue weighted by Crippen LogP contribution is -2.15. The topological polar surface area (TPSA) is 85.6 Å². The lowest BCUT2D eigenvalue weighted by Gasteiger charge is -2.07. The van der Waals surface area contributed by atoms with Crippen LogP contribution in [0.25, 0.3) is 11.0 Å². The first-order valence-corrected chi connectivity index (χ1v) is 10.4. The van der Waals surface area contributed by atoms with E-state index in [1.165, 1.54) is 13.2 Å². The number of hydrogen-bond acceptors (Lipinski definition) is 7. The third-order valence-electron chi connectivity index (χ3n) is 4.73. The summed E-state index contributed by atoms with van der Waals surface area (Å²) >= 11 is 7.00. The molecule has 0 unspecified atom stereocenters. The van der Waals surface area contributed by atoms with Gasteiger partial charge >= 0.3 is 11.6 Å². The second kappa shape index (κ2) is 8.37. The predicted molar refractivity (Wildman–Crippen MR) is 121 cm³/mol. The fraction of sp³-hybridized carbons (Fsp3) is 0.0870. The van der Waals surface area contributed by atoms with Crippen LogP contribution in [0.2, 0.25) is 5.02 Å². The number of para-hydroxylation sites is 1. The molecular weight excluding hydrogens is 438 g/mol. The normalized spacial score (nSPS) is 10.8. The van der Waals surface area contributed by atoms with E-state index in [1.807, 2.05) is 0 Å². The van der Waals surface area contributed by atoms with Crippen molar-refractivity contribution in [2.24, 2.45) is 0 Å². The van der Waals surface area contributed by atoms with Gasteiger partial charge in [-0.15, -0.1) is 11.3 Å². The van der Waals surface area contributed by atoms with Gasteiger partial charge in [-0.05, 0) is 48.9 Å². The fourth-order valence-electron chi connectivity index (χ4n) is 3.17. The van der Waals surface area contributed by atoms with Crippen molar-refractivity contribution < 1.29 is 18.7 Å². The van der Waals surface area contributed by atoms with Crippen molar-refractivity contribution in [1.82, 2.24) is 0 Å². The number of methoxy groups -OCH3 is 1. The molecule has 0 bridgehead atoms. The zero-order chi connectivity index (χ0) is 22.1. The zero-order valence-electron chi connectivity index (χ0n) is 16.5. The summed E-state index contributed by atoms with van der Waals surface area (Å²) in [6.45, 7) is 1.64. The number of halogens is 1. The van der Waals surface area contributed by atoms with Crippen LogP contribution in [-0.4, -0.2) is 18.9 Å². The van der Waals surface area contributed by atoms with Crippen LogP contribution in [0.4, 0.5) is 10.7 Å². The molecule has 0 aliphatic carbocycles. The summed E-state index contributed by atoms with van der Waals surface area (Å²) in [5.74, 6) is -1.11. The average molecular weight is 454 g/mol. The molecule has 0 amide bonds. The van der Waals surface area contributed by atoms with Gasteiger partial charge < -0.3 is 14.5 Å². The number of nitrogens with one attached hydrogen (secondary N) is 1. The maximum Gasteiger partial charge on any atom is 0.347 e. The summed E-state index contributed by atoms with van der Waals surface area (Å²) in [6, 6.07) is 15.4. The van der Waals surface area contributed by atoms with Gasteiger partial charge in [0.15, 0.2) is 0 Å². The number of ketones is 1. The quantitative estimate of drug-likeness (QED) is 0.241. The Morgan fingerprint density at radius 1 is 1.10 bits per heavy atom. The number of carbonyl (C=O) groups excluding carboxylic acids is 2. The van der Waals surface area contributed by atoms with Crippen molar-refractivity contribution in [3.05, 3.63) is 91.6 Å². The predicted octanol–water partition coefficient (Wildman–Crippen LogP) is 5.58. The molecule has 156 valence electrons. The van der Waals surface area contributed by atoms with E-state index in [9.17, 15) is 14.4 Å². The standard InChI is InChI=1S/C23H16ClNO5S/c1-12-18(23(28)29-2)21(25-15-9-7-14(24)8-10-15)31-20(12)19(26)16-11-13-5-3-4-6-17(13)30-22(16)27/h3-11,25H,1-2H3. The lowest BCUT2D eigenvalue weighted by molar-refractivity contribution is 0.0601. The van der Waals surface area contributed by atoms with Crippen molar-refractivity contribution in [3.63, 3.8) is 0 Å². The molecule has 6 nitrogen and oxygen atoms in total. The molecular formula is C23H16ClNO5S. The van der Waals surface area contributed by atoms with Crippen LogP contribution >= 0.6 is 22.9 Å². The monoisotopic (exact) mass is 453 g/mol. The lowest BCUT2D eigenvalue weighted by atomic mass is 10.0. The molecule has 0 aliphatic rings. The van der Waals surface area contributed by atoms with Crippen LogP contribution in [-0.2, 0) is 4.74 Å². The summed E-state index contributed by atoms with van der Waals surface area (Å²) < 4.78 is 10.2. The summed E-state index contributed by atoms with van der Waals surface area (Å²) in [5.41, 5.74) is 0.898. The first-order valence-electron chi connectivity index (χ1n) is 9.21. The van der Waals surface area contributed by atoms with Gasteiger partial charge in [0.1, 0.15) is 16.1 Å². The first-order chi connectivity index (χ1) is 14.9. The Balaban J connectivity index is 1.81. The molecule has 1 N–H and O–H groups in total. The average Bonchev–Trinajstić information content (AvgIpc) is 3.09. The van der Waals surface area contributed by atoms with Gasteiger partial charge in [-0.25, -0.2) is 9.59 Å². The summed E-state index contributed by atoms with van der Waals surface area (Å²) in [6.07, 6.45) is 0. The van der Waals surface area contributed by atoms with Gasteiger partial charge in [-0.1, -0.05) is 29.8 Å². The second-order valence-electron chi connectivity index (χ2n) is 6.70. The maximum atomic E-state index is 13.3. The number of rotatable bonds is 5. The molecule has 8 heteroatoms. The van der Waals surface area contributed by atoms with E-state index in [0.29, 0.717) is 32.2 Å². The molecule has 0 fully saturated rings. The first kappa shape index (κ1) is 20.8. The van der Waals surface area contributed by atoms with Gasteiger partial charge in [-0.3, -0.25) is 4.79 Å². The summed E-state index contributed by atoms with van der Waals surface area (Å²) in [5, 5.41) is 4.76. The van der Waals surface area contributed by atoms with Crippen LogP contribution in [0.5, 0.6) is 0 Å². The SMILES string of the molecule is COC(=O)c1c(Nc2ccc(Cl)cc2)sc(C(=O)c2cc3ccccc3oc2=O)c1C. The minimum Gasteiger partial charge on any atom is -0.465 e. The Labute approximate surface area is 186 Å². The van der Waals surface area contributed by atoms with Crippen LogP contribution in [0.15, 0.2) is 63.8 Å². The number of benzene rings is 2. The minimum atomic E-state index is -0.733. The highest BCUT2D eigenvalue weighted by molar-refractivity contribution is 7.18. The molecule has 0 radical (unpaired) electrons. The molecule has 2 aromatic carbocycles. The number of carbonyl (C=O) groups is 2. The van der Waals surface area contributed by atoms with Crippen LogP contribution in [0, 0.1) is 6.92 Å². The molecule has 0 aliphatic heterocycles. The number of fused-ring (bicyclic) bond motifs is 1. The van der Waals surface area contributed by atoms with Crippen molar-refractivity contribution in [3.8, 4) is 0 Å². The molecule has 0 spiro atoms. The number of thiophene rings is 1. The molecule has 0 saturated heterocycles. The number of esters is 1. The van der Waals surface area contributed by atoms with E-state index < -0.39 is 17.4 Å². The van der Waals surface area contributed by atoms with Crippen molar-refractivity contribution in [2.45, 2.75) is 6.92 Å². The third-order valence-corrected chi connectivity index (χ3v) is 6.19. The van der Waals surface area contributed by atoms with E-state index in [0.717, 1.165) is 11.3 Å². The third kappa shape index (κ3) is 3.97. The second-order valence-corrected chi connectivity index (χ2v) is 8.16. The Bertz CT molecular complexity index is 1370. The number of anilines is 2. The minimum absolute atomic E-state index is 0.0995. The Morgan fingerprint density at radius 3 is 2.52 bits per heavy atom. The van der Waals surface area contributed by atoms with Crippen LogP contribution in [0.3, 0.4) is 0 Å². The molecule has 2 aromatic heterocycles. The van der Waals surface area contributed by atoms with E-state index in [1.54, 1.807) is 55.5 Å². The van der Waals surface area contributed by atoms with Gasteiger partial charge in [0.2, 0.25) is 5.78 Å². The molecule has 31 heavy (non-hydrogen) atoms. The van der Waals surface area contributed by atoms with E-state index in [2.05, 4.69) is 5.32 Å². The molecule has 0 atom stereocenters. The number of hydrogen-bond donors (Lipinski definition) is 1. The highest BCUT2D eigenvalue weighted by atomic mass is 35.5. The smallest absolute Gasteiger partial charge is 0.347 e. The highest BCUT2D eigenvalue weighted by Gasteiger charge is 2.27. The largest absolute Gasteiger partial charge is 0.465 e. The van der Waals surface area contributed by atoms with Gasteiger partial charge in [0, 0.05) is 16.1 Å². The Hall–Kier alpha value is -3.42. The van der Waals surface area contributed by atoms with Crippen molar-refractivity contribution in [1.29, 1.82) is 0 Å². The summed E-state index contributed by atoms with van der Waals surface area (Å²) in [4.78, 5) is 38.4. The highest BCUT2D eigenvalue weighted by Crippen LogP contribution is 2.37. The van der Waals surface area contributed by atoms with Crippen LogP contribution in [0.1, 0.15) is 31.2 Å². The number of ether oxygens (including phenoxy) is 1. The van der Waals surface area contributed by atoms with E-state index in [-0.39, 0.29) is 16.0 Å². The fourth-order valence-corrected chi connectivity index (χ4v) is 4.47. The Morgan fingerprint density at radius 2 is 1.81 bits per heavy atom. The summed E-state index contributed by atoms with van der Waals surface area (Å²) in [7, 11) is 1.27.